The molecule has 0 N–H and O–H groups in total. The Morgan fingerprint density at radius 2 is 1.62 bits per heavy atom. The number of halogens is 2. The molecule has 6 heteroatoms. The number of rotatable bonds is 2. The van der Waals surface area contributed by atoms with Gasteiger partial charge in [0.25, 0.3) is 0 Å². The maximum absolute atomic E-state index is 11.5. The number of esters is 2. The number of hydrogen-bond acceptors (Lipinski definition) is 4. The van der Waals surface area contributed by atoms with E-state index in [0.29, 0.717) is 11.1 Å². The molecule has 0 aromatic heterocycles. The Morgan fingerprint density at radius 3 is 2.12 bits per heavy atom. The quantitative estimate of drug-likeness (QED) is 0.518. The highest BCUT2D eigenvalue weighted by molar-refractivity contribution is 14.1. The molecule has 0 saturated carbocycles. The van der Waals surface area contributed by atoms with Crippen molar-refractivity contribution in [3.63, 3.8) is 0 Å². The Bertz CT molecular complexity index is 443. The molecule has 0 heterocycles. The molecule has 0 radical (unpaired) electrons. The van der Waals surface area contributed by atoms with Crippen LogP contribution in [0.15, 0.2) is 12.1 Å². The Labute approximate surface area is 120 Å². The second-order valence-corrected chi connectivity index (χ2v) is 5.04. The zero-order valence-electron chi connectivity index (χ0n) is 8.54. The third-order valence-electron chi connectivity index (χ3n) is 1.85. The molecule has 86 valence electrons. The molecular formula is C10H8I2O4. The van der Waals surface area contributed by atoms with E-state index in [1.54, 1.807) is 6.07 Å². The summed E-state index contributed by atoms with van der Waals surface area (Å²) in [4.78, 5) is 22.8. The van der Waals surface area contributed by atoms with Crippen molar-refractivity contribution in [2.45, 2.75) is 0 Å². The molecule has 0 unspecified atom stereocenters. The molecule has 1 rings (SSSR count). The minimum atomic E-state index is -0.473. The Balaban J connectivity index is 3.33. The number of carbonyl (C=O) groups excluding carboxylic acids is 2. The lowest BCUT2D eigenvalue weighted by Crippen LogP contribution is -2.09. The van der Waals surface area contributed by atoms with Gasteiger partial charge in [-0.25, -0.2) is 9.59 Å². The van der Waals surface area contributed by atoms with Crippen LogP contribution in [0.4, 0.5) is 0 Å². The van der Waals surface area contributed by atoms with Crippen molar-refractivity contribution in [3.8, 4) is 0 Å². The highest BCUT2D eigenvalue weighted by Crippen LogP contribution is 2.22. The largest absolute Gasteiger partial charge is 0.465 e. The lowest BCUT2D eigenvalue weighted by atomic mass is 10.1. The number of benzene rings is 1. The van der Waals surface area contributed by atoms with Crippen LogP contribution in [0.5, 0.6) is 0 Å². The van der Waals surface area contributed by atoms with E-state index < -0.39 is 11.9 Å². The summed E-state index contributed by atoms with van der Waals surface area (Å²) in [5.74, 6) is -0.937. The smallest absolute Gasteiger partial charge is 0.338 e. The molecule has 0 atom stereocenters. The number of methoxy groups -OCH3 is 2. The van der Waals surface area contributed by atoms with Crippen molar-refractivity contribution in [1.29, 1.82) is 0 Å². The Hall–Kier alpha value is -0.380. The maximum atomic E-state index is 11.5. The van der Waals surface area contributed by atoms with Crippen LogP contribution < -0.4 is 0 Å². The first-order chi connectivity index (χ1) is 7.51. The number of ether oxygens (including phenoxy) is 2. The molecule has 1 aromatic rings. The molecule has 0 amide bonds. The number of carbonyl (C=O) groups is 2. The summed E-state index contributed by atoms with van der Waals surface area (Å²) in [5.41, 5.74) is 0.711. The summed E-state index contributed by atoms with van der Waals surface area (Å²) in [5, 5.41) is 0. The summed E-state index contributed by atoms with van der Waals surface area (Å²) in [6.07, 6.45) is 0. The first-order valence-electron chi connectivity index (χ1n) is 4.17. The summed E-state index contributed by atoms with van der Waals surface area (Å²) in [6, 6.07) is 3.14. The van der Waals surface area contributed by atoms with Gasteiger partial charge in [-0.2, -0.15) is 0 Å². The fraction of sp³-hybridized carbons (Fsp3) is 0.200. The van der Waals surface area contributed by atoms with E-state index in [2.05, 4.69) is 32.1 Å². The summed E-state index contributed by atoms with van der Waals surface area (Å²) in [7, 11) is 2.60. The van der Waals surface area contributed by atoms with E-state index in [1.165, 1.54) is 20.3 Å². The van der Waals surface area contributed by atoms with Crippen LogP contribution in [0.3, 0.4) is 0 Å². The predicted octanol–water partition coefficient (Wildman–Crippen LogP) is 2.47. The standard InChI is InChI=1S/C10H8I2O4/c1-15-9(13)5-3-6(10(14)16-2)8(12)7(11)4-5/h3-4H,1-2H3. The van der Waals surface area contributed by atoms with Gasteiger partial charge in [0.05, 0.1) is 25.3 Å². The van der Waals surface area contributed by atoms with Gasteiger partial charge in [-0.15, -0.1) is 0 Å². The maximum Gasteiger partial charge on any atom is 0.338 e. The summed E-state index contributed by atoms with van der Waals surface area (Å²) in [6.45, 7) is 0. The van der Waals surface area contributed by atoms with Crippen LogP contribution in [0.1, 0.15) is 20.7 Å². The van der Waals surface area contributed by atoms with Crippen molar-refractivity contribution in [1.82, 2.24) is 0 Å². The first-order valence-corrected chi connectivity index (χ1v) is 6.32. The lowest BCUT2D eigenvalue weighted by molar-refractivity contribution is 0.0598. The van der Waals surface area contributed by atoms with Crippen LogP contribution in [0.2, 0.25) is 0 Å². The molecular weight excluding hydrogens is 438 g/mol. The third kappa shape index (κ3) is 2.84. The summed E-state index contributed by atoms with van der Waals surface area (Å²) < 4.78 is 10.8. The van der Waals surface area contributed by atoms with Crippen LogP contribution in [-0.2, 0) is 9.47 Å². The van der Waals surface area contributed by atoms with Crippen LogP contribution >= 0.6 is 45.2 Å². The average Bonchev–Trinajstić information content (AvgIpc) is 2.30. The zero-order valence-corrected chi connectivity index (χ0v) is 12.9. The monoisotopic (exact) mass is 446 g/mol. The second-order valence-electron chi connectivity index (χ2n) is 2.80. The van der Waals surface area contributed by atoms with Gasteiger partial charge in [0.2, 0.25) is 0 Å². The Morgan fingerprint density at radius 1 is 1.06 bits per heavy atom. The van der Waals surface area contributed by atoms with Gasteiger partial charge in [0.15, 0.2) is 0 Å². The normalized spacial score (nSPS) is 9.75. The van der Waals surface area contributed by atoms with Crippen molar-refractivity contribution >= 4 is 57.1 Å². The molecule has 4 nitrogen and oxygen atoms in total. The molecule has 1 aromatic carbocycles. The van der Waals surface area contributed by atoms with Crippen molar-refractivity contribution < 1.29 is 19.1 Å². The van der Waals surface area contributed by atoms with Crippen molar-refractivity contribution in [2.75, 3.05) is 14.2 Å². The van der Waals surface area contributed by atoms with Crippen LogP contribution in [-0.4, -0.2) is 26.2 Å². The third-order valence-corrected chi connectivity index (χ3v) is 4.90. The molecule has 0 saturated heterocycles. The van der Waals surface area contributed by atoms with E-state index in [0.717, 1.165) is 7.14 Å². The van der Waals surface area contributed by atoms with Gasteiger partial charge < -0.3 is 9.47 Å². The SMILES string of the molecule is COC(=O)c1cc(I)c(I)c(C(=O)OC)c1. The van der Waals surface area contributed by atoms with Crippen molar-refractivity contribution in [3.05, 3.63) is 30.4 Å². The highest BCUT2D eigenvalue weighted by Gasteiger charge is 2.17. The van der Waals surface area contributed by atoms with Gasteiger partial charge >= 0.3 is 11.9 Å². The number of hydrogen-bond donors (Lipinski definition) is 0. The molecule has 0 bridgehead atoms. The van der Waals surface area contributed by atoms with E-state index in [4.69, 9.17) is 0 Å². The topological polar surface area (TPSA) is 52.6 Å². The molecule has 0 aliphatic rings. The fourth-order valence-corrected chi connectivity index (χ4v) is 2.24. The predicted molar refractivity (Wildman–Crippen MR) is 74.6 cm³/mol. The minimum Gasteiger partial charge on any atom is -0.465 e. The summed E-state index contributed by atoms with van der Waals surface area (Å²) >= 11 is 4.09. The van der Waals surface area contributed by atoms with Crippen LogP contribution in [0.25, 0.3) is 0 Å². The molecule has 16 heavy (non-hydrogen) atoms. The minimum absolute atomic E-state index is 0.340. The van der Waals surface area contributed by atoms with Gasteiger partial charge in [-0.3, -0.25) is 0 Å². The average molecular weight is 446 g/mol. The van der Waals surface area contributed by atoms with Gasteiger partial charge in [-0.05, 0) is 57.3 Å². The fourth-order valence-electron chi connectivity index (χ4n) is 1.08. The van der Waals surface area contributed by atoms with Crippen molar-refractivity contribution in [2.24, 2.45) is 0 Å². The van der Waals surface area contributed by atoms with E-state index >= 15 is 0 Å². The zero-order chi connectivity index (χ0) is 12.3. The van der Waals surface area contributed by atoms with Gasteiger partial charge in [0, 0.05) is 7.14 Å². The lowest BCUT2D eigenvalue weighted by Gasteiger charge is -2.07. The second kappa shape index (κ2) is 5.80. The molecule has 0 fully saturated rings. The van der Waals surface area contributed by atoms with Crippen LogP contribution in [0, 0.1) is 7.14 Å². The molecule has 0 aliphatic carbocycles. The van der Waals surface area contributed by atoms with E-state index in [-0.39, 0.29) is 0 Å². The first kappa shape index (κ1) is 13.7. The molecule has 0 aliphatic heterocycles. The van der Waals surface area contributed by atoms with E-state index in [9.17, 15) is 9.59 Å². The van der Waals surface area contributed by atoms with Gasteiger partial charge in [-0.1, -0.05) is 0 Å². The van der Waals surface area contributed by atoms with Gasteiger partial charge in [0.1, 0.15) is 0 Å². The highest BCUT2D eigenvalue weighted by atomic mass is 127. The molecule has 0 spiro atoms. The Kier molecular flexibility index (Phi) is 4.96. The van der Waals surface area contributed by atoms with E-state index in [1.807, 2.05) is 22.6 Å².